The molecule has 1 atom stereocenters. The Kier molecular flexibility index (Phi) is 5.97. The molecule has 1 amide bonds. The van der Waals surface area contributed by atoms with Crippen molar-refractivity contribution in [1.29, 1.82) is 0 Å². The van der Waals surface area contributed by atoms with Gasteiger partial charge in [-0.1, -0.05) is 0 Å². The second kappa shape index (κ2) is 9.22. The zero-order chi connectivity index (χ0) is 23.7. The molecule has 2 aliphatic rings. The summed E-state index contributed by atoms with van der Waals surface area (Å²) in [6, 6.07) is 8.76. The molecule has 3 heterocycles. The molecule has 0 bridgehead atoms. The summed E-state index contributed by atoms with van der Waals surface area (Å²) in [5, 5.41) is 2.99. The zero-order valence-electron chi connectivity index (χ0n) is 19.1. The molecule has 10 heteroatoms. The summed E-state index contributed by atoms with van der Waals surface area (Å²) in [7, 11) is 3.31. The largest absolute Gasteiger partial charge is 0.496 e. The third kappa shape index (κ3) is 4.49. The van der Waals surface area contributed by atoms with E-state index in [2.05, 4.69) is 15.3 Å². The molecule has 10 nitrogen and oxygen atoms in total. The molecule has 34 heavy (non-hydrogen) atoms. The normalized spacial score (nSPS) is 17.9. The molecule has 2 fully saturated rings. The van der Waals surface area contributed by atoms with Gasteiger partial charge in [-0.05, 0) is 37.1 Å². The van der Waals surface area contributed by atoms with E-state index < -0.39 is 0 Å². The summed E-state index contributed by atoms with van der Waals surface area (Å²) in [5.74, 6) is 1.36. The number of carbonyl (C=O) groups is 1. The van der Waals surface area contributed by atoms with Gasteiger partial charge in [0.25, 0.3) is 5.56 Å². The van der Waals surface area contributed by atoms with E-state index in [0.717, 1.165) is 18.4 Å². The molecule has 1 saturated heterocycles. The fraction of sp³-hybridized carbons (Fsp3) is 0.375. The van der Waals surface area contributed by atoms with E-state index in [4.69, 9.17) is 14.5 Å². The van der Waals surface area contributed by atoms with Crippen LogP contribution in [-0.2, 0) is 16.6 Å². The highest BCUT2D eigenvalue weighted by Gasteiger charge is 2.31. The predicted molar refractivity (Wildman–Crippen MR) is 126 cm³/mol. The minimum absolute atomic E-state index is 0.0445. The van der Waals surface area contributed by atoms with Crippen molar-refractivity contribution in [2.45, 2.75) is 18.9 Å². The van der Waals surface area contributed by atoms with Gasteiger partial charge >= 0.3 is 0 Å². The minimum atomic E-state index is -0.332. The third-order valence-corrected chi connectivity index (χ3v) is 6.10. The number of nitrogens with one attached hydrogen (secondary N) is 1. The number of carbonyl (C=O) groups excluding carboxylic acids is 1. The number of aromatic nitrogens is 4. The molecule has 1 aromatic carbocycles. The first kappa shape index (κ1) is 22.0. The second-order valence-corrected chi connectivity index (χ2v) is 8.46. The molecule has 0 spiro atoms. The number of nitrogens with zero attached hydrogens (tertiary/aromatic N) is 5. The van der Waals surface area contributed by atoms with Crippen LogP contribution in [0.15, 0.2) is 47.7 Å². The first-order chi connectivity index (χ1) is 16.5. The number of amides is 1. The molecule has 0 unspecified atom stereocenters. The van der Waals surface area contributed by atoms with Crippen LogP contribution in [0.25, 0.3) is 11.4 Å². The van der Waals surface area contributed by atoms with Gasteiger partial charge in [0.15, 0.2) is 0 Å². The Hall–Kier alpha value is -3.79. The molecule has 1 saturated carbocycles. The number of ether oxygens (including phenoxy) is 2. The van der Waals surface area contributed by atoms with Crippen molar-refractivity contribution < 1.29 is 14.3 Å². The van der Waals surface area contributed by atoms with E-state index in [9.17, 15) is 9.59 Å². The van der Waals surface area contributed by atoms with E-state index in [0.29, 0.717) is 48.5 Å². The number of hydrogen-bond donors (Lipinski definition) is 1. The third-order valence-electron chi connectivity index (χ3n) is 6.10. The average molecular weight is 463 g/mol. The number of benzene rings is 1. The summed E-state index contributed by atoms with van der Waals surface area (Å²) < 4.78 is 13.2. The Labute approximate surface area is 196 Å². The maximum absolute atomic E-state index is 12.7. The fourth-order valence-electron chi connectivity index (χ4n) is 4.06. The Balaban J connectivity index is 1.44. The van der Waals surface area contributed by atoms with Gasteiger partial charge < -0.3 is 19.7 Å². The Morgan fingerprint density at radius 3 is 2.79 bits per heavy atom. The van der Waals surface area contributed by atoms with E-state index in [1.165, 1.54) is 17.0 Å². The van der Waals surface area contributed by atoms with Crippen molar-refractivity contribution in [2.24, 2.45) is 13.0 Å². The lowest BCUT2D eigenvalue weighted by atomic mass is 10.1. The molecular formula is C24H26N6O4. The first-order valence-corrected chi connectivity index (χ1v) is 11.2. The number of methoxy groups -OCH3 is 1. The van der Waals surface area contributed by atoms with E-state index in [1.54, 1.807) is 26.4 Å². The molecule has 2 aromatic heterocycles. The molecule has 0 radical (unpaired) electrons. The van der Waals surface area contributed by atoms with Crippen LogP contribution in [0.5, 0.6) is 5.75 Å². The van der Waals surface area contributed by atoms with Crippen molar-refractivity contribution in [3.05, 3.63) is 58.8 Å². The van der Waals surface area contributed by atoms with Gasteiger partial charge in [0.05, 0.1) is 31.6 Å². The van der Waals surface area contributed by atoms with Crippen LogP contribution < -0.4 is 20.5 Å². The standard InChI is InChI=1S/C24H26N6O4/c1-29-22(31)12-19(18-7-8-25-14-26-18)28-24(29)30-9-10-34-21(13-30)17-11-16(5-6-20(17)33-2)27-23(32)15-3-4-15/h5-8,11-12,14-15,21H,3-4,9-10,13H2,1-2H3,(H,27,32)/t21-/m1/s1. The highest BCUT2D eigenvalue weighted by molar-refractivity contribution is 5.94. The van der Waals surface area contributed by atoms with Crippen LogP contribution in [0.2, 0.25) is 0 Å². The van der Waals surface area contributed by atoms with Crippen LogP contribution in [0.4, 0.5) is 11.6 Å². The summed E-state index contributed by atoms with van der Waals surface area (Å²) in [4.78, 5) is 39.9. The second-order valence-electron chi connectivity index (χ2n) is 8.46. The van der Waals surface area contributed by atoms with Gasteiger partial charge in [-0.3, -0.25) is 14.2 Å². The molecule has 1 aliphatic carbocycles. The quantitative estimate of drug-likeness (QED) is 0.593. The summed E-state index contributed by atoms with van der Waals surface area (Å²) in [6.45, 7) is 1.48. The van der Waals surface area contributed by atoms with Crippen molar-refractivity contribution in [3.8, 4) is 17.1 Å². The maximum atomic E-state index is 12.7. The molecular weight excluding hydrogens is 436 g/mol. The van der Waals surface area contributed by atoms with Crippen LogP contribution in [0, 0.1) is 5.92 Å². The number of hydrogen-bond acceptors (Lipinski definition) is 8. The minimum Gasteiger partial charge on any atom is -0.496 e. The lowest BCUT2D eigenvalue weighted by Crippen LogP contribution is -2.41. The van der Waals surface area contributed by atoms with Gasteiger partial charge in [-0.15, -0.1) is 0 Å². The SMILES string of the molecule is COc1ccc(NC(=O)C2CC2)cc1[C@H]1CN(c2nc(-c3ccncn3)cc(=O)n2C)CCO1. The van der Waals surface area contributed by atoms with Crippen LogP contribution in [-0.4, -0.2) is 52.2 Å². The Bertz CT molecular complexity index is 1260. The monoisotopic (exact) mass is 462 g/mol. The van der Waals surface area contributed by atoms with Gasteiger partial charge in [0.1, 0.15) is 18.2 Å². The van der Waals surface area contributed by atoms with Crippen LogP contribution >= 0.6 is 0 Å². The van der Waals surface area contributed by atoms with E-state index >= 15 is 0 Å². The summed E-state index contributed by atoms with van der Waals surface area (Å²) in [6.07, 6.45) is 4.60. The van der Waals surface area contributed by atoms with E-state index in [-0.39, 0.29) is 23.5 Å². The molecule has 5 rings (SSSR count). The van der Waals surface area contributed by atoms with Crippen molar-refractivity contribution in [1.82, 2.24) is 19.5 Å². The molecule has 3 aromatic rings. The summed E-state index contributed by atoms with van der Waals surface area (Å²) in [5.41, 5.74) is 2.44. The van der Waals surface area contributed by atoms with E-state index in [1.807, 2.05) is 23.1 Å². The van der Waals surface area contributed by atoms with Gasteiger partial charge in [-0.2, -0.15) is 0 Å². The first-order valence-electron chi connectivity index (χ1n) is 11.2. The highest BCUT2D eigenvalue weighted by Crippen LogP contribution is 2.35. The maximum Gasteiger partial charge on any atom is 0.255 e. The van der Waals surface area contributed by atoms with Gasteiger partial charge in [0.2, 0.25) is 11.9 Å². The Morgan fingerprint density at radius 1 is 1.21 bits per heavy atom. The fourth-order valence-corrected chi connectivity index (χ4v) is 4.06. The predicted octanol–water partition coefficient (Wildman–Crippen LogP) is 2.17. The number of morpholine rings is 1. The van der Waals surface area contributed by atoms with Gasteiger partial charge in [0, 0.05) is 43.0 Å². The lowest BCUT2D eigenvalue weighted by Gasteiger charge is -2.35. The van der Waals surface area contributed by atoms with Crippen molar-refractivity contribution in [3.63, 3.8) is 0 Å². The highest BCUT2D eigenvalue weighted by atomic mass is 16.5. The Morgan fingerprint density at radius 2 is 2.06 bits per heavy atom. The lowest BCUT2D eigenvalue weighted by molar-refractivity contribution is -0.117. The van der Waals surface area contributed by atoms with Crippen LogP contribution in [0.3, 0.4) is 0 Å². The van der Waals surface area contributed by atoms with Crippen molar-refractivity contribution >= 4 is 17.5 Å². The van der Waals surface area contributed by atoms with Gasteiger partial charge in [-0.25, -0.2) is 15.0 Å². The van der Waals surface area contributed by atoms with Crippen LogP contribution in [0.1, 0.15) is 24.5 Å². The topological polar surface area (TPSA) is 111 Å². The zero-order valence-corrected chi connectivity index (χ0v) is 19.1. The average Bonchev–Trinajstić information content (AvgIpc) is 3.72. The smallest absolute Gasteiger partial charge is 0.255 e. The van der Waals surface area contributed by atoms with Crippen molar-refractivity contribution in [2.75, 3.05) is 37.0 Å². The number of anilines is 2. The summed E-state index contributed by atoms with van der Waals surface area (Å²) >= 11 is 0. The molecule has 1 N–H and O–H groups in total. The molecule has 1 aliphatic heterocycles. The molecule has 176 valence electrons. The number of rotatable bonds is 6.